The van der Waals surface area contributed by atoms with Crippen molar-refractivity contribution < 1.29 is 9.59 Å². The average Bonchev–Trinajstić information content (AvgIpc) is 2.61. The van der Waals surface area contributed by atoms with Gasteiger partial charge in [0.05, 0.1) is 10.6 Å². The van der Waals surface area contributed by atoms with Crippen molar-refractivity contribution in [3.63, 3.8) is 0 Å². The van der Waals surface area contributed by atoms with Gasteiger partial charge in [0, 0.05) is 19.3 Å². The standard InChI is InChI=1S/C12H14ClN3O2/c1-16-6-5-9(12(16)18)15-11(17)10-7(13)3-2-4-8(10)14/h2-4,9H,5-6,14H2,1H3,(H,15,17). The number of rotatable bonds is 2. The molecular weight excluding hydrogens is 254 g/mol. The number of hydrogen-bond acceptors (Lipinski definition) is 3. The summed E-state index contributed by atoms with van der Waals surface area (Å²) in [5.41, 5.74) is 6.25. The zero-order chi connectivity index (χ0) is 13.3. The van der Waals surface area contributed by atoms with E-state index in [0.717, 1.165) is 0 Å². The van der Waals surface area contributed by atoms with Gasteiger partial charge in [-0.3, -0.25) is 9.59 Å². The van der Waals surface area contributed by atoms with E-state index >= 15 is 0 Å². The normalized spacial score (nSPS) is 19.1. The highest BCUT2D eigenvalue weighted by atomic mass is 35.5. The largest absolute Gasteiger partial charge is 0.398 e. The van der Waals surface area contributed by atoms with Crippen LogP contribution in [0, 0.1) is 0 Å². The zero-order valence-corrected chi connectivity index (χ0v) is 10.7. The molecule has 2 amide bonds. The molecule has 1 aromatic rings. The maximum atomic E-state index is 12.0. The second-order valence-electron chi connectivity index (χ2n) is 4.28. The smallest absolute Gasteiger partial charge is 0.255 e. The van der Waals surface area contributed by atoms with Crippen LogP contribution in [-0.4, -0.2) is 36.3 Å². The van der Waals surface area contributed by atoms with Crippen molar-refractivity contribution in [1.82, 2.24) is 10.2 Å². The Kier molecular flexibility index (Phi) is 3.43. The first-order valence-corrected chi connectivity index (χ1v) is 5.98. The van der Waals surface area contributed by atoms with Crippen LogP contribution in [-0.2, 0) is 4.79 Å². The summed E-state index contributed by atoms with van der Waals surface area (Å²) in [6.07, 6.45) is 0.603. The van der Waals surface area contributed by atoms with Crippen LogP contribution < -0.4 is 11.1 Å². The molecule has 1 unspecified atom stereocenters. The Hall–Kier alpha value is -1.75. The molecule has 1 fully saturated rings. The molecule has 0 aliphatic carbocycles. The molecule has 0 radical (unpaired) electrons. The van der Waals surface area contributed by atoms with Gasteiger partial charge in [-0.15, -0.1) is 0 Å². The van der Waals surface area contributed by atoms with Crippen molar-refractivity contribution in [1.29, 1.82) is 0 Å². The van der Waals surface area contributed by atoms with E-state index in [9.17, 15) is 9.59 Å². The second kappa shape index (κ2) is 4.86. The fourth-order valence-electron chi connectivity index (χ4n) is 1.97. The van der Waals surface area contributed by atoms with E-state index in [2.05, 4.69) is 5.32 Å². The fraction of sp³-hybridized carbons (Fsp3) is 0.333. The summed E-state index contributed by atoms with van der Waals surface area (Å²) >= 11 is 5.94. The number of likely N-dealkylation sites (N-methyl/N-ethyl adjacent to an activating group) is 1. The van der Waals surface area contributed by atoms with E-state index in [1.165, 1.54) is 0 Å². The molecule has 6 heteroatoms. The highest BCUT2D eigenvalue weighted by molar-refractivity contribution is 6.34. The highest BCUT2D eigenvalue weighted by Gasteiger charge is 2.31. The van der Waals surface area contributed by atoms with E-state index in [0.29, 0.717) is 18.7 Å². The predicted octanol–water partition coefficient (Wildman–Crippen LogP) is 0.883. The van der Waals surface area contributed by atoms with Crippen LogP contribution in [0.5, 0.6) is 0 Å². The molecule has 3 N–H and O–H groups in total. The summed E-state index contributed by atoms with van der Waals surface area (Å²) in [6.45, 7) is 0.641. The van der Waals surface area contributed by atoms with Gasteiger partial charge in [0.2, 0.25) is 5.91 Å². The Labute approximate surface area is 110 Å². The number of nitrogen functional groups attached to an aromatic ring is 1. The predicted molar refractivity (Wildman–Crippen MR) is 69.4 cm³/mol. The number of nitrogens with one attached hydrogen (secondary N) is 1. The van der Waals surface area contributed by atoms with Gasteiger partial charge >= 0.3 is 0 Å². The van der Waals surface area contributed by atoms with Crippen molar-refractivity contribution >= 4 is 29.1 Å². The molecule has 5 nitrogen and oxygen atoms in total. The van der Waals surface area contributed by atoms with Crippen LogP contribution in [0.15, 0.2) is 18.2 Å². The molecule has 0 bridgehead atoms. The lowest BCUT2D eigenvalue weighted by atomic mass is 10.1. The molecule has 2 rings (SSSR count). The Morgan fingerprint density at radius 1 is 1.56 bits per heavy atom. The lowest BCUT2D eigenvalue weighted by Crippen LogP contribution is -2.40. The van der Waals surface area contributed by atoms with E-state index < -0.39 is 11.9 Å². The van der Waals surface area contributed by atoms with Crippen LogP contribution in [0.4, 0.5) is 5.69 Å². The van der Waals surface area contributed by atoms with Crippen molar-refractivity contribution in [3.05, 3.63) is 28.8 Å². The quantitative estimate of drug-likeness (QED) is 0.781. The van der Waals surface area contributed by atoms with Crippen LogP contribution in [0.25, 0.3) is 0 Å². The van der Waals surface area contributed by atoms with Crippen molar-refractivity contribution in [2.75, 3.05) is 19.3 Å². The van der Waals surface area contributed by atoms with Crippen molar-refractivity contribution in [2.24, 2.45) is 0 Å². The summed E-state index contributed by atoms with van der Waals surface area (Å²) in [5.74, 6) is -0.499. The topological polar surface area (TPSA) is 75.4 Å². The Balaban J connectivity index is 2.16. The first-order chi connectivity index (χ1) is 8.50. The number of benzene rings is 1. The number of anilines is 1. The van der Waals surface area contributed by atoms with Crippen LogP contribution in [0.1, 0.15) is 16.8 Å². The maximum absolute atomic E-state index is 12.0. The number of nitrogens with two attached hydrogens (primary N) is 1. The lowest BCUT2D eigenvalue weighted by Gasteiger charge is -2.13. The molecular formula is C12H14ClN3O2. The third-order valence-corrected chi connectivity index (χ3v) is 3.32. The van der Waals surface area contributed by atoms with Gasteiger partial charge in [0.1, 0.15) is 6.04 Å². The monoisotopic (exact) mass is 267 g/mol. The van der Waals surface area contributed by atoms with Gasteiger partial charge in [-0.1, -0.05) is 17.7 Å². The minimum Gasteiger partial charge on any atom is -0.398 e. The molecule has 0 saturated carbocycles. The number of likely N-dealkylation sites (tertiary alicyclic amines) is 1. The third kappa shape index (κ3) is 2.26. The molecule has 96 valence electrons. The molecule has 1 heterocycles. The van der Waals surface area contributed by atoms with Crippen molar-refractivity contribution in [3.8, 4) is 0 Å². The summed E-state index contributed by atoms with van der Waals surface area (Å²) in [4.78, 5) is 25.3. The zero-order valence-electron chi connectivity index (χ0n) is 9.94. The summed E-state index contributed by atoms with van der Waals surface area (Å²) in [7, 11) is 1.71. The van der Waals surface area contributed by atoms with E-state index in [1.807, 2.05) is 0 Å². The van der Waals surface area contributed by atoms with E-state index in [-0.39, 0.29) is 16.5 Å². The van der Waals surface area contributed by atoms with Gasteiger partial charge in [-0.2, -0.15) is 0 Å². The molecule has 1 aliphatic heterocycles. The summed E-state index contributed by atoms with van der Waals surface area (Å²) in [6, 6.07) is 4.38. The molecule has 1 aromatic carbocycles. The number of nitrogens with zero attached hydrogens (tertiary/aromatic N) is 1. The number of amides is 2. The molecule has 0 spiro atoms. The Morgan fingerprint density at radius 3 is 2.83 bits per heavy atom. The van der Waals surface area contributed by atoms with Crippen LogP contribution in [0.3, 0.4) is 0 Å². The fourth-order valence-corrected chi connectivity index (χ4v) is 2.23. The van der Waals surface area contributed by atoms with Gasteiger partial charge in [-0.05, 0) is 18.6 Å². The Morgan fingerprint density at radius 2 is 2.28 bits per heavy atom. The van der Waals surface area contributed by atoms with Crippen LogP contribution >= 0.6 is 11.6 Å². The number of halogens is 1. The number of hydrogen-bond donors (Lipinski definition) is 2. The summed E-state index contributed by atoms with van der Waals surface area (Å²) < 4.78 is 0. The number of carbonyl (C=O) groups is 2. The average molecular weight is 268 g/mol. The first-order valence-electron chi connectivity index (χ1n) is 5.60. The Bertz CT molecular complexity index is 484. The molecule has 1 aliphatic rings. The van der Waals surface area contributed by atoms with E-state index in [4.69, 9.17) is 17.3 Å². The van der Waals surface area contributed by atoms with Gasteiger partial charge < -0.3 is 16.0 Å². The minimum atomic E-state index is -0.488. The van der Waals surface area contributed by atoms with Gasteiger partial charge in [0.25, 0.3) is 5.91 Å². The highest BCUT2D eigenvalue weighted by Crippen LogP contribution is 2.22. The maximum Gasteiger partial charge on any atom is 0.255 e. The number of carbonyl (C=O) groups excluding carboxylic acids is 2. The molecule has 1 saturated heterocycles. The third-order valence-electron chi connectivity index (χ3n) is 3.01. The summed E-state index contributed by atoms with van der Waals surface area (Å²) in [5, 5.41) is 2.95. The molecule has 18 heavy (non-hydrogen) atoms. The van der Waals surface area contributed by atoms with Gasteiger partial charge in [-0.25, -0.2) is 0 Å². The van der Waals surface area contributed by atoms with Crippen molar-refractivity contribution in [2.45, 2.75) is 12.5 Å². The first kappa shape index (κ1) is 12.7. The van der Waals surface area contributed by atoms with Crippen LogP contribution in [0.2, 0.25) is 5.02 Å². The SMILES string of the molecule is CN1CCC(NC(=O)c2c(N)cccc2Cl)C1=O. The van der Waals surface area contributed by atoms with Gasteiger partial charge in [0.15, 0.2) is 0 Å². The second-order valence-corrected chi connectivity index (χ2v) is 4.69. The lowest BCUT2D eigenvalue weighted by molar-refractivity contribution is -0.128. The molecule has 0 aromatic heterocycles. The minimum absolute atomic E-state index is 0.0889. The molecule has 1 atom stereocenters. The van der Waals surface area contributed by atoms with E-state index in [1.54, 1.807) is 30.1 Å².